The van der Waals surface area contributed by atoms with E-state index in [0.717, 1.165) is 22.3 Å². The summed E-state index contributed by atoms with van der Waals surface area (Å²) in [4.78, 5) is 8.30. The minimum Gasteiger partial charge on any atom is -0.383 e. The number of aryl methyl sites for hydroxylation is 3. The molecule has 0 aliphatic carbocycles. The molecule has 0 fully saturated rings. The van der Waals surface area contributed by atoms with Crippen LogP contribution in [0.5, 0.6) is 0 Å². The third-order valence-electron chi connectivity index (χ3n) is 3.43. The van der Waals surface area contributed by atoms with Crippen molar-refractivity contribution >= 4 is 16.9 Å². The van der Waals surface area contributed by atoms with E-state index < -0.39 is 0 Å². The molecule has 2 N–H and O–H groups in total. The Balaban J connectivity index is 2.33. The molecule has 0 radical (unpaired) electrons. The van der Waals surface area contributed by atoms with Crippen molar-refractivity contribution in [3.8, 4) is 11.3 Å². The molecular formula is C14H15N5. The summed E-state index contributed by atoms with van der Waals surface area (Å²) in [6, 6.07) is 6.26. The molecular weight excluding hydrogens is 238 g/mol. The first-order valence-corrected chi connectivity index (χ1v) is 6.08. The molecule has 3 aromatic rings. The maximum absolute atomic E-state index is 5.97. The summed E-state index contributed by atoms with van der Waals surface area (Å²) in [6.45, 7) is 4.18. The molecule has 19 heavy (non-hydrogen) atoms. The average molecular weight is 253 g/mol. The molecule has 0 amide bonds. The van der Waals surface area contributed by atoms with Crippen molar-refractivity contribution in [2.24, 2.45) is 7.05 Å². The second-order valence-corrected chi connectivity index (χ2v) is 4.73. The van der Waals surface area contributed by atoms with Crippen molar-refractivity contribution in [2.75, 3.05) is 5.73 Å². The fraction of sp³-hybridized carbons (Fsp3) is 0.214. The number of benzene rings is 1. The van der Waals surface area contributed by atoms with Crippen LogP contribution in [-0.2, 0) is 7.05 Å². The Morgan fingerprint density at radius 2 is 1.89 bits per heavy atom. The largest absolute Gasteiger partial charge is 0.383 e. The maximum atomic E-state index is 5.97. The Labute approximate surface area is 111 Å². The SMILES string of the molecule is Cc1ccc(-c2nn(C)c3ncnc(N)c23)cc1C. The summed E-state index contributed by atoms with van der Waals surface area (Å²) >= 11 is 0. The van der Waals surface area contributed by atoms with Crippen LogP contribution in [0.3, 0.4) is 0 Å². The number of anilines is 1. The van der Waals surface area contributed by atoms with Crippen molar-refractivity contribution in [3.05, 3.63) is 35.7 Å². The van der Waals surface area contributed by atoms with Crippen LogP contribution >= 0.6 is 0 Å². The fourth-order valence-electron chi connectivity index (χ4n) is 2.20. The lowest BCUT2D eigenvalue weighted by atomic mass is 10.0. The lowest BCUT2D eigenvalue weighted by Gasteiger charge is -2.03. The standard InChI is InChI=1S/C14H15N5/c1-8-4-5-10(6-9(8)2)12-11-13(15)16-7-17-14(11)19(3)18-12/h4-7H,1-3H3,(H2,15,16,17). The van der Waals surface area contributed by atoms with Crippen molar-refractivity contribution in [3.63, 3.8) is 0 Å². The predicted octanol–water partition coefficient (Wildman–Crippen LogP) is 2.23. The van der Waals surface area contributed by atoms with Crippen LogP contribution in [-0.4, -0.2) is 19.7 Å². The smallest absolute Gasteiger partial charge is 0.163 e. The van der Waals surface area contributed by atoms with E-state index in [0.29, 0.717) is 5.82 Å². The molecule has 3 rings (SSSR count). The Hall–Kier alpha value is -2.43. The van der Waals surface area contributed by atoms with Crippen LogP contribution in [0.15, 0.2) is 24.5 Å². The first-order valence-electron chi connectivity index (χ1n) is 6.08. The van der Waals surface area contributed by atoms with Crippen LogP contribution in [0, 0.1) is 13.8 Å². The molecule has 5 nitrogen and oxygen atoms in total. The first kappa shape index (κ1) is 11.6. The van der Waals surface area contributed by atoms with Gasteiger partial charge in [0.05, 0.1) is 5.39 Å². The molecule has 0 aliphatic rings. The highest BCUT2D eigenvalue weighted by atomic mass is 15.3. The molecule has 0 saturated heterocycles. The topological polar surface area (TPSA) is 69.6 Å². The zero-order valence-corrected chi connectivity index (χ0v) is 11.2. The molecule has 2 aromatic heterocycles. The van der Waals surface area contributed by atoms with Gasteiger partial charge in [-0.1, -0.05) is 12.1 Å². The van der Waals surface area contributed by atoms with Gasteiger partial charge in [-0.15, -0.1) is 0 Å². The van der Waals surface area contributed by atoms with Crippen molar-refractivity contribution < 1.29 is 0 Å². The van der Waals surface area contributed by atoms with E-state index >= 15 is 0 Å². The average Bonchev–Trinajstić information content (AvgIpc) is 2.72. The molecule has 0 saturated carbocycles. The molecule has 0 atom stereocenters. The number of rotatable bonds is 1. The van der Waals surface area contributed by atoms with Crippen molar-refractivity contribution in [1.82, 2.24) is 19.7 Å². The monoisotopic (exact) mass is 253 g/mol. The van der Waals surface area contributed by atoms with Gasteiger partial charge in [0.1, 0.15) is 17.8 Å². The second-order valence-electron chi connectivity index (χ2n) is 4.73. The van der Waals surface area contributed by atoms with E-state index in [1.165, 1.54) is 17.5 Å². The van der Waals surface area contributed by atoms with Gasteiger partial charge in [0, 0.05) is 12.6 Å². The van der Waals surface area contributed by atoms with Gasteiger partial charge in [0.15, 0.2) is 5.65 Å². The van der Waals surface area contributed by atoms with Crippen molar-refractivity contribution in [2.45, 2.75) is 13.8 Å². The van der Waals surface area contributed by atoms with Gasteiger partial charge >= 0.3 is 0 Å². The zero-order chi connectivity index (χ0) is 13.6. The van der Waals surface area contributed by atoms with Gasteiger partial charge in [-0.05, 0) is 31.0 Å². The number of hydrogen-bond donors (Lipinski definition) is 1. The summed E-state index contributed by atoms with van der Waals surface area (Å²) in [7, 11) is 1.86. The highest BCUT2D eigenvalue weighted by Gasteiger charge is 2.15. The Bertz CT molecular complexity index is 773. The second kappa shape index (κ2) is 4.05. The quantitative estimate of drug-likeness (QED) is 0.722. The van der Waals surface area contributed by atoms with Crippen LogP contribution in [0.2, 0.25) is 0 Å². The van der Waals surface area contributed by atoms with E-state index in [2.05, 4.69) is 47.1 Å². The van der Waals surface area contributed by atoms with Crippen LogP contribution in [0.4, 0.5) is 5.82 Å². The minimum absolute atomic E-state index is 0.464. The van der Waals surface area contributed by atoms with Gasteiger partial charge in [-0.2, -0.15) is 5.10 Å². The summed E-state index contributed by atoms with van der Waals surface area (Å²) in [6.07, 6.45) is 1.46. The summed E-state index contributed by atoms with van der Waals surface area (Å²) in [5.74, 6) is 0.464. The molecule has 2 heterocycles. The normalized spacial score (nSPS) is 11.1. The molecule has 0 unspecified atom stereocenters. The van der Waals surface area contributed by atoms with E-state index in [4.69, 9.17) is 5.73 Å². The lowest BCUT2D eigenvalue weighted by molar-refractivity contribution is 0.788. The molecule has 0 bridgehead atoms. The molecule has 0 spiro atoms. The Kier molecular flexibility index (Phi) is 2.48. The number of nitrogens with two attached hydrogens (primary N) is 1. The maximum Gasteiger partial charge on any atom is 0.163 e. The molecule has 1 aromatic carbocycles. The Morgan fingerprint density at radius 1 is 1.11 bits per heavy atom. The third-order valence-corrected chi connectivity index (χ3v) is 3.43. The minimum atomic E-state index is 0.464. The first-order chi connectivity index (χ1) is 9.08. The Morgan fingerprint density at radius 3 is 2.63 bits per heavy atom. The van der Waals surface area contributed by atoms with Crippen LogP contribution < -0.4 is 5.73 Å². The predicted molar refractivity (Wildman–Crippen MR) is 75.6 cm³/mol. The number of fused-ring (bicyclic) bond motifs is 1. The molecule has 5 heteroatoms. The highest BCUT2D eigenvalue weighted by Crippen LogP contribution is 2.30. The van der Waals surface area contributed by atoms with E-state index in [9.17, 15) is 0 Å². The van der Waals surface area contributed by atoms with Gasteiger partial charge in [0.25, 0.3) is 0 Å². The number of hydrogen-bond acceptors (Lipinski definition) is 4. The van der Waals surface area contributed by atoms with E-state index in [1.54, 1.807) is 4.68 Å². The number of nitrogens with zero attached hydrogens (tertiary/aromatic N) is 4. The van der Waals surface area contributed by atoms with Gasteiger partial charge in [-0.3, -0.25) is 0 Å². The van der Waals surface area contributed by atoms with Crippen molar-refractivity contribution in [1.29, 1.82) is 0 Å². The van der Waals surface area contributed by atoms with Gasteiger partial charge in [-0.25, -0.2) is 14.6 Å². The number of aromatic nitrogens is 4. The van der Waals surface area contributed by atoms with E-state index in [-0.39, 0.29) is 0 Å². The summed E-state index contributed by atoms with van der Waals surface area (Å²) in [5, 5.41) is 5.34. The van der Waals surface area contributed by atoms with Gasteiger partial charge in [0.2, 0.25) is 0 Å². The van der Waals surface area contributed by atoms with E-state index in [1.807, 2.05) is 7.05 Å². The molecule has 0 aliphatic heterocycles. The number of nitrogen functional groups attached to an aromatic ring is 1. The summed E-state index contributed by atoms with van der Waals surface area (Å²) < 4.78 is 1.73. The molecule has 96 valence electrons. The highest BCUT2D eigenvalue weighted by molar-refractivity contribution is 5.98. The van der Waals surface area contributed by atoms with Crippen LogP contribution in [0.25, 0.3) is 22.3 Å². The van der Waals surface area contributed by atoms with Gasteiger partial charge < -0.3 is 5.73 Å². The zero-order valence-electron chi connectivity index (χ0n) is 11.2. The lowest BCUT2D eigenvalue weighted by Crippen LogP contribution is -1.95. The third kappa shape index (κ3) is 1.74. The summed E-state index contributed by atoms with van der Waals surface area (Å²) in [5.41, 5.74) is 11.1. The van der Waals surface area contributed by atoms with Crippen LogP contribution in [0.1, 0.15) is 11.1 Å². The fourth-order valence-corrected chi connectivity index (χ4v) is 2.20.